The van der Waals surface area contributed by atoms with Gasteiger partial charge in [-0.05, 0) is 16.9 Å². The van der Waals surface area contributed by atoms with Gasteiger partial charge in [-0.15, -0.1) is 0 Å². The lowest BCUT2D eigenvalue weighted by Crippen LogP contribution is -2.16. The summed E-state index contributed by atoms with van der Waals surface area (Å²) in [5, 5.41) is 4.74. The number of rotatable bonds is 2. The summed E-state index contributed by atoms with van der Waals surface area (Å²) in [6.45, 7) is 4.19. The van der Waals surface area contributed by atoms with Gasteiger partial charge in [-0.25, -0.2) is 0 Å². The van der Waals surface area contributed by atoms with Crippen LogP contribution >= 0.6 is 22.9 Å². The molecule has 0 spiro atoms. The van der Waals surface area contributed by atoms with Crippen LogP contribution in [0.15, 0.2) is 10.8 Å². The van der Waals surface area contributed by atoms with Gasteiger partial charge in [0.25, 0.3) is 0 Å². The molecule has 0 fully saturated rings. The van der Waals surface area contributed by atoms with Crippen LogP contribution in [0.5, 0.6) is 0 Å². The normalized spacial score (nSPS) is 13.9. The Morgan fingerprint density at radius 3 is 2.45 bits per heavy atom. The second-order valence-electron chi connectivity index (χ2n) is 2.94. The van der Waals surface area contributed by atoms with Crippen LogP contribution in [0.1, 0.15) is 25.5 Å². The van der Waals surface area contributed by atoms with Gasteiger partial charge in [0.05, 0.1) is 5.02 Å². The predicted octanol–water partition coefficient (Wildman–Crippen LogP) is 3.06. The lowest BCUT2D eigenvalue weighted by Gasteiger charge is -2.14. The van der Waals surface area contributed by atoms with E-state index in [0.717, 1.165) is 10.6 Å². The maximum absolute atomic E-state index is 5.91. The highest BCUT2D eigenvalue weighted by Crippen LogP contribution is 2.29. The summed E-state index contributed by atoms with van der Waals surface area (Å²) in [5.41, 5.74) is 6.98. The second kappa shape index (κ2) is 3.57. The molecule has 1 heterocycles. The highest BCUT2D eigenvalue weighted by atomic mass is 35.5. The zero-order valence-electron chi connectivity index (χ0n) is 6.67. The van der Waals surface area contributed by atoms with E-state index in [0.29, 0.717) is 5.92 Å². The van der Waals surface area contributed by atoms with Crippen molar-refractivity contribution < 1.29 is 0 Å². The molecule has 0 radical (unpaired) electrons. The van der Waals surface area contributed by atoms with Crippen LogP contribution in [0.3, 0.4) is 0 Å². The molecule has 1 rings (SSSR count). The molecule has 0 aliphatic rings. The zero-order chi connectivity index (χ0) is 8.43. The Kier molecular flexibility index (Phi) is 2.93. The Bertz CT molecular complexity index is 232. The fraction of sp³-hybridized carbons (Fsp3) is 0.500. The summed E-state index contributed by atoms with van der Waals surface area (Å²) in [6, 6.07) is 0.0775. The number of halogens is 1. The number of nitrogens with two attached hydrogens (primary N) is 1. The van der Waals surface area contributed by atoms with Crippen LogP contribution in [0.2, 0.25) is 5.02 Å². The van der Waals surface area contributed by atoms with E-state index in [2.05, 4.69) is 13.8 Å². The van der Waals surface area contributed by atoms with E-state index in [1.165, 1.54) is 0 Å². The molecule has 0 saturated carbocycles. The Labute approximate surface area is 76.2 Å². The molecule has 0 aliphatic heterocycles. The quantitative estimate of drug-likeness (QED) is 0.761. The van der Waals surface area contributed by atoms with Crippen molar-refractivity contribution in [3.05, 3.63) is 21.3 Å². The van der Waals surface area contributed by atoms with E-state index in [1.807, 2.05) is 10.8 Å². The Balaban J connectivity index is 2.84. The first-order chi connectivity index (χ1) is 5.13. The predicted molar refractivity (Wildman–Crippen MR) is 51.1 cm³/mol. The van der Waals surface area contributed by atoms with Crippen LogP contribution in [-0.4, -0.2) is 0 Å². The van der Waals surface area contributed by atoms with Crippen LogP contribution in [0.25, 0.3) is 0 Å². The summed E-state index contributed by atoms with van der Waals surface area (Å²) in [4.78, 5) is 0. The molecule has 1 aromatic rings. The average Bonchev–Trinajstić information content (AvgIpc) is 2.33. The van der Waals surface area contributed by atoms with Crippen molar-refractivity contribution in [3.8, 4) is 0 Å². The third-order valence-electron chi connectivity index (χ3n) is 1.72. The van der Waals surface area contributed by atoms with Gasteiger partial charge < -0.3 is 5.73 Å². The van der Waals surface area contributed by atoms with E-state index in [4.69, 9.17) is 17.3 Å². The smallest absolute Gasteiger partial charge is 0.0560 e. The summed E-state index contributed by atoms with van der Waals surface area (Å²) >= 11 is 7.51. The minimum Gasteiger partial charge on any atom is -0.324 e. The second-order valence-corrected chi connectivity index (χ2v) is 4.10. The molecule has 11 heavy (non-hydrogen) atoms. The van der Waals surface area contributed by atoms with Gasteiger partial charge in [-0.3, -0.25) is 0 Å². The highest BCUT2D eigenvalue weighted by Gasteiger charge is 2.13. The van der Waals surface area contributed by atoms with Gasteiger partial charge in [0.15, 0.2) is 0 Å². The standard InChI is InChI=1S/C8H12ClNS/c1-5(2)8(10)6-3-11-4-7(6)9/h3-5,8H,10H2,1-2H3. The van der Waals surface area contributed by atoms with Crippen molar-refractivity contribution in [1.82, 2.24) is 0 Å². The molecule has 1 nitrogen and oxygen atoms in total. The topological polar surface area (TPSA) is 26.0 Å². The molecule has 1 aromatic heterocycles. The SMILES string of the molecule is CC(C)C(N)c1cscc1Cl. The Morgan fingerprint density at radius 2 is 2.09 bits per heavy atom. The fourth-order valence-electron chi connectivity index (χ4n) is 0.888. The highest BCUT2D eigenvalue weighted by molar-refractivity contribution is 7.08. The molecule has 0 aliphatic carbocycles. The zero-order valence-corrected chi connectivity index (χ0v) is 8.25. The van der Waals surface area contributed by atoms with Crippen LogP contribution in [0.4, 0.5) is 0 Å². The first-order valence-electron chi connectivity index (χ1n) is 3.60. The van der Waals surface area contributed by atoms with Gasteiger partial charge in [0, 0.05) is 11.4 Å². The van der Waals surface area contributed by atoms with Gasteiger partial charge in [-0.2, -0.15) is 11.3 Å². The van der Waals surface area contributed by atoms with Crippen molar-refractivity contribution in [2.45, 2.75) is 19.9 Å². The van der Waals surface area contributed by atoms with E-state index in [9.17, 15) is 0 Å². The first-order valence-corrected chi connectivity index (χ1v) is 4.92. The molecule has 0 saturated heterocycles. The van der Waals surface area contributed by atoms with Crippen LogP contribution < -0.4 is 5.73 Å². The first kappa shape index (κ1) is 9.04. The molecular weight excluding hydrogens is 178 g/mol. The van der Waals surface area contributed by atoms with E-state index in [1.54, 1.807) is 11.3 Å². The number of hydrogen-bond donors (Lipinski definition) is 1. The molecule has 3 heteroatoms. The fourth-order valence-corrected chi connectivity index (χ4v) is 2.04. The monoisotopic (exact) mass is 189 g/mol. The van der Waals surface area contributed by atoms with E-state index in [-0.39, 0.29) is 6.04 Å². The van der Waals surface area contributed by atoms with Gasteiger partial charge in [-0.1, -0.05) is 25.4 Å². The minimum atomic E-state index is 0.0775. The van der Waals surface area contributed by atoms with Gasteiger partial charge in [0.2, 0.25) is 0 Å². The Hall–Kier alpha value is -0.0500. The summed E-state index contributed by atoms with van der Waals surface area (Å²) in [6.07, 6.45) is 0. The molecule has 1 unspecified atom stereocenters. The van der Waals surface area contributed by atoms with Crippen molar-refractivity contribution in [2.75, 3.05) is 0 Å². The lowest BCUT2D eigenvalue weighted by atomic mass is 10.00. The minimum absolute atomic E-state index is 0.0775. The molecular formula is C8H12ClNS. The van der Waals surface area contributed by atoms with Gasteiger partial charge in [0.1, 0.15) is 0 Å². The third kappa shape index (κ3) is 1.95. The molecule has 2 N–H and O–H groups in total. The summed E-state index contributed by atoms with van der Waals surface area (Å²) < 4.78 is 0. The van der Waals surface area contributed by atoms with Crippen molar-refractivity contribution in [3.63, 3.8) is 0 Å². The van der Waals surface area contributed by atoms with E-state index >= 15 is 0 Å². The third-order valence-corrected chi connectivity index (χ3v) is 2.94. The molecule has 0 aromatic carbocycles. The molecule has 0 bridgehead atoms. The average molecular weight is 190 g/mol. The summed E-state index contributed by atoms with van der Waals surface area (Å²) in [5.74, 6) is 0.446. The number of hydrogen-bond acceptors (Lipinski definition) is 2. The maximum Gasteiger partial charge on any atom is 0.0560 e. The molecule has 1 atom stereocenters. The largest absolute Gasteiger partial charge is 0.324 e. The molecule has 0 amide bonds. The molecule has 62 valence electrons. The summed E-state index contributed by atoms with van der Waals surface area (Å²) in [7, 11) is 0. The van der Waals surface area contributed by atoms with E-state index < -0.39 is 0 Å². The van der Waals surface area contributed by atoms with Crippen molar-refractivity contribution in [2.24, 2.45) is 11.7 Å². The maximum atomic E-state index is 5.91. The van der Waals surface area contributed by atoms with Crippen LogP contribution in [-0.2, 0) is 0 Å². The lowest BCUT2D eigenvalue weighted by molar-refractivity contribution is 0.515. The van der Waals surface area contributed by atoms with Crippen molar-refractivity contribution >= 4 is 22.9 Å². The Morgan fingerprint density at radius 1 is 1.45 bits per heavy atom. The van der Waals surface area contributed by atoms with Crippen molar-refractivity contribution in [1.29, 1.82) is 0 Å². The number of thiophene rings is 1. The van der Waals surface area contributed by atoms with Gasteiger partial charge >= 0.3 is 0 Å². The van der Waals surface area contributed by atoms with Crippen LogP contribution in [0, 0.1) is 5.92 Å².